The SMILES string of the molecule is CN(CCC(=O)O)CCC(=O)NCC1CCCCC1.Cl. The third kappa shape index (κ3) is 9.15. The zero-order valence-corrected chi connectivity index (χ0v) is 13.1. The molecule has 118 valence electrons. The van der Waals surface area contributed by atoms with Gasteiger partial charge in [0.2, 0.25) is 5.91 Å². The molecule has 1 saturated carbocycles. The quantitative estimate of drug-likeness (QED) is 0.718. The molecule has 1 amide bonds. The van der Waals surface area contributed by atoms with Crippen molar-refractivity contribution in [1.82, 2.24) is 10.2 Å². The van der Waals surface area contributed by atoms with E-state index in [2.05, 4.69) is 5.32 Å². The topological polar surface area (TPSA) is 69.6 Å². The number of carboxylic acid groups (broad SMARTS) is 1. The van der Waals surface area contributed by atoms with E-state index in [1.807, 2.05) is 11.9 Å². The van der Waals surface area contributed by atoms with Crippen LogP contribution in [-0.4, -0.2) is 48.6 Å². The van der Waals surface area contributed by atoms with Gasteiger partial charge in [0.15, 0.2) is 0 Å². The summed E-state index contributed by atoms with van der Waals surface area (Å²) in [6.45, 7) is 1.91. The molecule has 0 aromatic carbocycles. The second kappa shape index (κ2) is 10.9. The highest BCUT2D eigenvalue weighted by Crippen LogP contribution is 2.22. The molecule has 1 aliphatic rings. The number of aliphatic carboxylic acids is 1. The Hall–Kier alpha value is -0.810. The van der Waals surface area contributed by atoms with Crippen LogP contribution in [-0.2, 0) is 9.59 Å². The van der Waals surface area contributed by atoms with Gasteiger partial charge >= 0.3 is 5.97 Å². The molecule has 0 spiro atoms. The summed E-state index contributed by atoms with van der Waals surface area (Å²) in [6.07, 6.45) is 6.95. The highest BCUT2D eigenvalue weighted by Gasteiger charge is 2.14. The van der Waals surface area contributed by atoms with Gasteiger partial charge < -0.3 is 15.3 Å². The Morgan fingerprint density at radius 2 is 1.75 bits per heavy atom. The average molecular weight is 307 g/mol. The standard InChI is InChI=1S/C14H26N2O3.ClH/c1-16(10-8-14(18)19)9-7-13(17)15-11-12-5-3-2-4-6-12;/h12H,2-11H2,1H3,(H,15,17)(H,18,19);1H. The maximum atomic E-state index is 11.7. The van der Waals surface area contributed by atoms with Gasteiger partial charge in [-0.05, 0) is 25.8 Å². The van der Waals surface area contributed by atoms with E-state index in [0.29, 0.717) is 25.4 Å². The predicted molar refractivity (Wildman–Crippen MR) is 81.2 cm³/mol. The van der Waals surface area contributed by atoms with Crippen LogP contribution in [0.2, 0.25) is 0 Å². The van der Waals surface area contributed by atoms with Crippen LogP contribution in [0.3, 0.4) is 0 Å². The highest BCUT2D eigenvalue weighted by atomic mass is 35.5. The first-order chi connectivity index (χ1) is 9.08. The van der Waals surface area contributed by atoms with Crippen LogP contribution < -0.4 is 5.32 Å². The minimum absolute atomic E-state index is 0. The van der Waals surface area contributed by atoms with Crippen molar-refractivity contribution in [3.8, 4) is 0 Å². The van der Waals surface area contributed by atoms with Gasteiger partial charge in [-0.3, -0.25) is 9.59 Å². The zero-order chi connectivity index (χ0) is 14.1. The maximum absolute atomic E-state index is 11.7. The normalized spacial score (nSPS) is 15.7. The molecule has 0 heterocycles. The number of hydrogen-bond donors (Lipinski definition) is 2. The van der Waals surface area contributed by atoms with Gasteiger partial charge in [-0.25, -0.2) is 0 Å². The fourth-order valence-corrected chi connectivity index (χ4v) is 2.43. The Morgan fingerprint density at radius 1 is 1.15 bits per heavy atom. The Labute approximate surface area is 127 Å². The molecule has 0 aliphatic heterocycles. The van der Waals surface area contributed by atoms with Crippen LogP contribution >= 0.6 is 12.4 Å². The predicted octanol–water partition coefficient (Wildman–Crippen LogP) is 1.90. The lowest BCUT2D eigenvalue weighted by atomic mass is 9.89. The molecule has 2 N–H and O–H groups in total. The lowest BCUT2D eigenvalue weighted by Gasteiger charge is -2.22. The van der Waals surface area contributed by atoms with Gasteiger partial charge in [0, 0.05) is 26.1 Å². The number of carbonyl (C=O) groups is 2. The molecule has 5 nitrogen and oxygen atoms in total. The van der Waals surface area contributed by atoms with E-state index in [0.717, 1.165) is 6.54 Å². The smallest absolute Gasteiger partial charge is 0.304 e. The molecule has 0 bridgehead atoms. The van der Waals surface area contributed by atoms with E-state index in [4.69, 9.17) is 5.11 Å². The minimum atomic E-state index is -0.798. The number of amides is 1. The first-order valence-corrected chi connectivity index (χ1v) is 7.25. The van der Waals surface area contributed by atoms with Crippen LogP contribution in [0, 0.1) is 5.92 Å². The summed E-state index contributed by atoms with van der Waals surface area (Å²) in [6, 6.07) is 0. The lowest BCUT2D eigenvalue weighted by molar-refractivity contribution is -0.137. The molecule has 0 aromatic heterocycles. The van der Waals surface area contributed by atoms with Crippen LogP contribution in [0.25, 0.3) is 0 Å². The van der Waals surface area contributed by atoms with E-state index in [-0.39, 0.29) is 24.7 Å². The number of nitrogens with zero attached hydrogens (tertiary/aromatic N) is 1. The molecule has 0 saturated heterocycles. The molecular formula is C14H27ClN2O3. The number of rotatable bonds is 8. The van der Waals surface area contributed by atoms with Gasteiger partial charge in [0.05, 0.1) is 6.42 Å². The van der Waals surface area contributed by atoms with Crippen LogP contribution in [0.4, 0.5) is 0 Å². The third-order valence-corrected chi connectivity index (χ3v) is 3.74. The van der Waals surface area contributed by atoms with E-state index >= 15 is 0 Å². The monoisotopic (exact) mass is 306 g/mol. The summed E-state index contributed by atoms with van der Waals surface area (Å²) in [5.74, 6) is -0.0659. The fraction of sp³-hybridized carbons (Fsp3) is 0.857. The molecule has 20 heavy (non-hydrogen) atoms. The van der Waals surface area contributed by atoms with Crippen molar-refractivity contribution >= 4 is 24.3 Å². The Bertz CT molecular complexity index is 294. The van der Waals surface area contributed by atoms with E-state index in [9.17, 15) is 9.59 Å². The van der Waals surface area contributed by atoms with Gasteiger partial charge in [-0.1, -0.05) is 19.3 Å². The molecule has 0 atom stereocenters. The van der Waals surface area contributed by atoms with E-state index in [1.54, 1.807) is 0 Å². The number of hydrogen-bond acceptors (Lipinski definition) is 3. The molecule has 1 rings (SSSR count). The lowest BCUT2D eigenvalue weighted by Crippen LogP contribution is -2.33. The highest BCUT2D eigenvalue weighted by molar-refractivity contribution is 5.85. The Balaban J connectivity index is 0.00000361. The molecular weight excluding hydrogens is 280 g/mol. The molecule has 6 heteroatoms. The first kappa shape index (κ1) is 19.2. The minimum Gasteiger partial charge on any atom is -0.481 e. The van der Waals surface area contributed by atoms with E-state index < -0.39 is 5.97 Å². The summed E-state index contributed by atoms with van der Waals surface area (Å²) >= 11 is 0. The Kier molecular flexibility index (Phi) is 10.5. The van der Waals surface area contributed by atoms with Crippen LogP contribution in [0.1, 0.15) is 44.9 Å². The summed E-state index contributed by atoms with van der Waals surface area (Å²) in [5, 5.41) is 11.6. The second-order valence-electron chi connectivity index (χ2n) is 5.51. The molecule has 0 aromatic rings. The maximum Gasteiger partial charge on any atom is 0.304 e. The van der Waals surface area contributed by atoms with Crippen molar-refractivity contribution in [2.24, 2.45) is 5.92 Å². The van der Waals surface area contributed by atoms with E-state index in [1.165, 1.54) is 32.1 Å². The van der Waals surface area contributed by atoms with Crippen molar-refractivity contribution in [1.29, 1.82) is 0 Å². The number of carboxylic acids is 1. The number of halogens is 1. The second-order valence-corrected chi connectivity index (χ2v) is 5.51. The van der Waals surface area contributed by atoms with Crippen molar-refractivity contribution in [2.75, 3.05) is 26.7 Å². The summed E-state index contributed by atoms with van der Waals surface area (Å²) in [7, 11) is 1.84. The van der Waals surface area contributed by atoms with Crippen molar-refractivity contribution in [3.05, 3.63) is 0 Å². The van der Waals surface area contributed by atoms with Gasteiger partial charge in [-0.2, -0.15) is 0 Å². The van der Waals surface area contributed by atoms with Crippen LogP contribution in [0.15, 0.2) is 0 Å². The summed E-state index contributed by atoms with van der Waals surface area (Å²) in [4.78, 5) is 24.0. The summed E-state index contributed by atoms with van der Waals surface area (Å²) < 4.78 is 0. The van der Waals surface area contributed by atoms with Gasteiger partial charge in [0.1, 0.15) is 0 Å². The van der Waals surface area contributed by atoms with Crippen molar-refractivity contribution < 1.29 is 14.7 Å². The summed E-state index contributed by atoms with van der Waals surface area (Å²) in [5.41, 5.74) is 0. The van der Waals surface area contributed by atoms with Gasteiger partial charge in [-0.15, -0.1) is 12.4 Å². The zero-order valence-electron chi connectivity index (χ0n) is 12.3. The molecule has 1 fully saturated rings. The van der Waals surface area contributed by atoms with Crippen LogP contribution in [0.5, 0.6) is 0 Å². The number of nitrogens with one attached hydrogen (secondary N) is 1. The number of carbonyl (C=O) groups excluding carboxylic acids is 1. The molecule has 0 radical (unpaired) electrons. The van der Waals surface area contributed by atoms with Gasteiger partial charge in [0.25, 0.3) is 0 Å². The average Bonchev–Trinajstić information content (AvgIpc) is 2.41. The Morgan fingerprint density at radius 3 is 2.35 bits per heavy atom. The molecule has 1 aliphatic carbocycles. The fourth-order valence-electron chi connectivity index (χ4n) is 2.43. The largest absolute Gasteiger partial charge is 0.481 e. The first-order valence-electron chi connectivity index (χ1n) is 7.25. The molecule has 0 unspecified atom stereocenters. The van der Waals surface area contributed by atoms with Crippen molar-refractivity contribution in [2.45, 2.75) is 44.9 Å². The third-order valence-electron chi connectivity index (χ3n) is 3.74. The van der Waals surface area contributed by atoms with Crippen molar-refractivity contribution in [3.63, 3.8) is 0 Å².